The standard InChI is InChI=1S/C15H19N3OS/c1-10-9-17-15(20-10)11(2)18-14(19)7-12-5-3-4-6-13(12)8-16/h3-6,9,11H,7-8,16H2,1-2H3,(H,18,19). The molecule has 0 saturated carbocycles. The molecule has 106 valence electrons. The highest BCUT2D eigenvalue weighted by Gasteiger charge is 2.13. The molecule has 3 N–H and O–H groups in total. The molecule has 0 fully saturated rings. The van der Waals surface area contributed by atoms with Gasteiger partial charge in [0.15, 0.2) is 0 Å². The van der Waals surface area contributed by atoms with E-state index in [0.29, 0.717) is 13.0 Å². The third-order valence-electron chi connectivity index (χ3n) is 3.08. The van der Waals surface area contributed by atoms with Gasteiger partial charge in [-0.15, -0.1) is 11.3 Å². The number of amides is 1. The maximum atomic E-state index is 12.1. The van der Waals surface area contributed by atoms with Crippen molar-refractivity contribution in [3.63, 3.8) is 0 Å². The molecule has 1 atom stereocenters. The Morgan fingerprint density at radius 2 is 2.10 bits per heavy atom. The maximum Gasteiger partial charge on any atom is 0.224 e. The van der Waals surface area contributed by atoms with Gasteiger partial charge in [0.05, 0.1) is 12.5 Å². The van der Waals surface area contributed by atoms with Gasteiger partial charge in [-0.3, -0.25) is 4.79 Å². The van der Waals surface area contributed by atoms with Gasteiger partial charge in [0, 0.05) is 17.6 Å². The van der Waals surface area contributed by atoms with E-state index in [1.165, 1.54) is 0 Å². The molecule has 5 heteroatoms. The van der Waals surface area contributed by atoms with Crippen molar-refractivity contribution in [2.75, 3.05) is 0 Å². The Labute approximate surface area is 123 Å². The van der Waals surface area contributed by atoms with E-state index in [2.05, 4.69) is 10.3 Å². The van der Waals surface area contributed by atoms with Crippen molar-refractivity contribution in [1.29, 1.82) is 0 Å². The Morgan fingerprint density at radius 1 is 1.40 bits per heavy atom. The van der Waals surface area contributed by atoms with Crippen molar-refractivity contribution in [2.45, 2.75) is 32.9 Å². The zero-order chi connectivity index (χ0) is 14.5. The second kappa shape index (κ2) is 6.63. The summed E-state index contributed by atoms with van der Waals surface area (Å²) < 4.78 is 0. The third kappa shape index (κ3) is 3.65. The fraction of sp³-hybridized carbons (Fsp3) is 0.333. The molecule has 0 aliphatic rings. The molecule has 2 rings (SSSR count). The molecule has 0 radical (unpaired) electrons. The highest BCUT2D eigenvalue weighted by molar-refractivity contribution is 7.11. The lowest BCUT2D eigenvalue weighted by Crippen LogP contribution is -2.28. The largest absolute Gasteiger partial charge is 0.347 e. The van der Waals surface area contributed by atoms with E-state index >= 15 is 0 Å². The average Bonchev–Trinajstić information content (AvgIpc) is 2.86. The molecule has 2 aromatic rings. The Morgan fingerprint density at radius 3 is 2.70 bits per heavy atom. The summed E-state index contributed by atoms with van der Waals surface area (Å²) in [6.45, 7) is 4.41. The highest BCUT2D eigenvalue weighted by atomic mass is 32.1. The SMILES string of the molecule is Cc1cnc(C(C)NC(=O)Cc2ccccc2CN)s1. The molecule has 1 unspecified atom stereocenters. The number of hydrogen-bond donors (Lipinski definition) is 2. The molecule has 0 aliphatic carbocycles. The molecule has 0 bridgehead atoms. The lowest BCUT2D eigenvalue weighted by molar-refractivity contribution is -0.121. The van der Waals surface area contributed by atoms with Gasteiger partial charge in [0.2, 0.25) is 5.91 Å². The molecule has 0 spiro atoms. The summed E-state index contributed by atoms with van der Waals surface area (Å²) in [4.78, 5) is 17.5. The lowest BCUT2D eigenvalue weighted by atomic mass is 10.0. The van der Waals surface area contributed by atoms with Gasteiger partial charge in [-0.25, -0.2) is 4.98 Å². The van der Waals surface area contributed by atoms with E-state index in [1.807, 2.05) is 44.3 Å². The number of hydrogen-bond acceptors (Lipinski definition) is 4. The van der Waals surface area contributed by atoms with Crippen molar-refractivity contribution < 1.29 is 4.79 Å². The summed E-state index contributed by atoms with van der Waals surface area (Å²) in [5.74, 6) is -0.00810. The number of nitrogens with zero attached hydrogens (tertiary/aromatic N) is 1. The van der Waals surface area contributed by atoms with Crippen LogP contribution >= 0.6 is 11.3 Å². The highest BCUT2D eigenvalue weighted by Crippen LogP contribution is 2.19. The summed E-state index contributed by atoms with van der Waals surface area (Å²) in [5, 5.41) is 3.91. The number of benzene rings is 1. The van der Waals surface area contributed by atoms with E-state index < -0.39 is 0 Å². The quantitative estimate of drug-likeness (QED) is 0.887. The molecule has 0 aliphatic heterocycles. The topological polar surface area (TPSA) is 68.0 Å². The van der Waals surface area contributed by atoms with Gasteiger partial charge in [0.25, 0.3) is 0 Å². The number of nitrogens with two attached hydrogens (primary N) is 1. The van der Waals surface area contributed by atoms with E-state index in [0.717, 1.165) is 21.0 Å². The monoisotopic (exact) mass is 289 g/mol. The number of nitrogens with one attached hydrogen (secondary N) is 1. The number of carbonyl (C=O) groups is 1. The van der Waals surface area contributed by atoms with E-state index in [-0.39, 0.29) is 11.9 Å². The van der Waals surface area contributed by atoms with Crippen molar-refractivity contribution in [1.82, 2.24) is 10.3 Å². The third-order valence-corrected chi connectivity index (χ3v) is 4.17. The Bertz CT molecular complexity index is 594. The Balaban J connectivity index is 1.98. The molecular weight excluding hydrogens is 270 g/mol. The second-order valence-electron chi connectivity index (χ2n) is 4.75. The van der Waals surface area contributed by atoms with Gasteiger partial charge >= 0.3 is 0 Å². The first kappa shape index (κ1) is 14.7. The predicted molar refractivity (Wildman–Crippen MR) is 81.4 cm³/mol. The molecule has 1 heterocycles. The van der Waals surface area contributed by atoms with E-state index in [1.54, 1.807) is 11.3 Å². The summed E-state index contributed by atoms with van der Waals surface area (Å²) in [6.07, 6.45) is 2.18. The smallest absolute Gasteiger partial charge is 0.224 e. The summed E-state index contributed by atoms with van der Waals surface area (Å²) >= 11 is 1.61. The first-order valence-electron chi connectivity index (χ1n) is 6.58. The number of thiazole rings is 1. The van der Waals surface area contributed by atoms with Crippen LogP contribution < -0.4 is 11.1 Å². The van der Waals surface area contributed by atoms with Crippen molar-refractivity contribution in [2.24, 2.45) is 5.73 Å². The van der Waals surface area contributed by atoms with Gasteiger partial charge in [-0.05, 0) is 25.0 Å². The molecule has 1 aromatic carbocycles. The molecule has 0 saturated heterocycles. The summed E-state index contributed by atoms with van der Waals surface area (Å²) in [5.41, 5.74) is 7.68. The molecule has 20 heavy (non-hydrogen) atoms. The predicted octanol–water partition coefficient (Wildman–Crippen LogP) is 2.33. The van der Waals surface area contributed by atoms with E-state index in [9.17, 15) is 4.79 Å². The Kier molecular flexibility index (Phi) is 4.87. The first-order valence-corrected chi connectivity index (χ1v) is 7.40. The normalized spacial score (nSPS) is 12.2. The van der Waals surface area contributed by atoms with Gasteiger partial charge in [0.1, 0.15) is 5.01 Å². The molecule has 4 nitrogen and oxygen atoms in total. The van der Waals surface area contributed by atoms with Crippen LogP contribution in [0.2, 0.25) is 0 Å². The average molecular weight is 289 g/mol. The van der Waals surface area contributed by atoms with Crippen LogP contribution in [0.1, 0.15) is 34.0 Å². The van der Waals surface area contributed by atoms with E-state index in [4.69, 9.17) is 5.73 Å². The Hall–Kier alpha value is -1.72. The fourth-order valence-corrected chi connectivity index (χ4v) is 2.81. The summed E-state index contributed by atoms with van der Waals surface area (Å²) in [7, 11) is 0. The zero-order valence-corrected chi connectivity index (χ0v) is 12.5. The zero-order valence-electron chi connectivity index (χ0n) is 11.7. The van der Waals surface area contributed by atoms with Crippen LogP contribution in [0.25, 0.3) is 0 Å². The van der Waals surface area contributed by atoms with Crippen LogP contribution in [0.15, 0.2) is 30.5 Å². The van der Waals surface area contributed by atoms with Crippen LogP contribution in [0, 0.1) is 6.92 Å². The molecular formula is C15H19N3OS. The fourth-order valence-electron chi connectivity index (χ4n) is 2.03. The minimum absolute atomic E-state index is 0.00810. The molecule has 1 amide bonds. The number of aryl methyl sites for hydroxylation is 1. The minimum atomic E-state index is -0.0637. The van der Waals surface area contributed by atoms with Crippen LogP contribution in [0.4, 0.5) is 0 Å². The van der Waals surface area contributed by atoms with Crippen molar-refractivity contribution >= 4 is 17.2 Å². The van der Waals surface area contributed by atoms with Crippen LogP contribution in [0.5, 0.6) is 0 Å². The van der Waals surface area contributed by atoms with Crippen molar-refractivity contribution in [3.8, 4) is 0 Å². The first-order chi connectivity index (χ1) is 9.60. The number of rotatable bonds is 5. The minimum Gasteiger partial charge on any atom is -0.347 e. The van der Waals surface area contributed by atoms with Crippen molar-refractivity contribution in [3.05, 3.63) is 51.5 Å². The molecule has 1 aromatic heterocycles. The second-order valence-corrected chi connectivity index (χ2v) is 6.01. The number of aromatic nitrogens is 1. The number of carbonyl (C=O) groups excluding carboxylic acids is 1. The van der Waals surface area contributed by atoms with Crippen LogP contribution in [-0.4, -0.2) is 10.9 Å². The van der Waals surface area contributed by atoms with Gasteiger partial charge in [-0.1, -0.05) is 24.3 Å². The summed E-state index contributed by atoms with van der Waals surface area (Å²) in [6, 6.07) is 7.70. The maximum absolute atomic E-state index is 12.1. The van der Waals surface area contributed by atoms with Gasteiger partial charge < -0.3 is 11.1 Å². The van der Waals surface area contributed by atoms with Gasteiger partial charge in [-0.2, -0.15) is 0 Å². The van der Waals surface area contributed by atoms with Crippen LogP contribution in [-0.2, 0) is 17.8 Å². The lowest BCUT2D eigenvalue weighted by Gasteiger charge is -2.12. The van der Waals surface area contributed by atoms with Crippen LogP contribution in [0.3, 0.4) is 0 Å².